The van der Waals surface area contributed by atoms with E-state index in [1.807, 2.05) is 0 Å². The van der Waals surface area contributed by atoms with E-state index in [9.17, 15) is 9.59 Å². The summed E-state index contributed by atoms with van der Waals surface area (Å²) in [4.78, 5) is 22.7. The topological polar surface area (TPSA) is 76.7 Å². The Morgan fingerprint density at radius 3 is 2.61 bits per heavy atom. The molecule has 92 valence electrons. The second kappa shape index (κ2) is 4.75. The fourth-order valence-electron chi connectivity index (χ4n) is 1.44. The second-order valence-electron chi connectivity index (χ2n) is 3.64. The monoisotopic (exact) mass is 246 g/mol. The SMILES string of the molecule is Cc1cc(C(=O)Oc2ccccc2C(=O)O)co1. The number of esters is 1. The average molecular weight is 246 g/mol. The maximum Gasteiger partial charge on any atom is 0.346 e. The molecule has 0 saturated carbocycles. The minimum Gasteiger partial charge on any atom is -0.478 e. The van der Waals surface area contributed by atoms with E-state index in [-0.39, 0.29) is 16.9 Å². The molecular weight excluding hydrogens is 236 g/mol. The quantitative estimate of drug-likeness (QED) is 0.665. The third-order valence-corrected chi connectivity index (χ3v) is 2.29. The minimum atomic E-state index is -1.15. The number of furan rings is 1. The van der Waals surface area contributed by atoms with E-state index in [4.69, 9.17) is 14.3 Å². The lowest BCUT2D eigenvalue weighted by Crippen LogP contribution is -2.10. The van der Waals surface area contributed by atoms with Crippen molar-refractivity contribution in [3.63, 3.8) is 0 Å². The van der Waals surface area contributed by atoms with E-state index >= 15 is 0 Å². The largest absolute Gasteiger partial charge is 0.478 e. The molecule has 1 aromatic heterocycles. The molecule has 0 atom stereocenters. The normalized spacial score (nSPS) is 10.1. The molecular formula is C13H10O5. The number of carbonyl (C=O) groups is 2. The first-order valence-corrected chi connectivity index (χ1v) is 5.17. The number of ether oxygens (including phenoxy) is 1. The van der Waals surface area contributed by atoms with E-state index < -0.39 is 11.9 Å². The number of hydrogen-bond acceptors (Lipinski definition) is 4. The maximum absolute atomic E-state index is 11.7. The molecule has 0 radical (unpaired) electrons. The van der Waals surface area contributed by atoms with Crippen molar-refractivity contribution >= 4 is 11.9 Å². The van der Waals surface area contributed by atoms with Crippen LogP contribution in [-0.2, 0) is 0 Å². The Kier molecular flexibility index (Phi) is 3.14. The van der Waals surface area contributed by atoms with Gasteiger partial charge in [0.1, 0.15) is 23.3 Å². The molecule has 5 heteroatoms. The van der Waals surface area contributed by atoms with Crippen LogP contribution >= 0.6 is 0 Å². The van der Waals surface area contributed by atoms with Crippen LogP contribution in [0.5, 0.6) is 5.75 Å². The number of carboxylic acids is 1. The molecule has 0 aliphatic heterocycles. The molecule has 0 saturated heterocycles. The van der Waals surface area contributed by atoms with Gasteiger partial charge in [-0.15, -0.1) is 0 Å². The molecule has 2 rings (SSSR count). The second-order valence-corrected chi connectivity index (χ2v) is 3.64. The van der Waals surface area contributed by atoms with Gasteiger partial charge in [-0.3, -0.25) is 0 Å². The highest BCUT2D eigenvalue weighted by Gasteiger charge is 2.16. The lowest BCUT2D eigenvalue weighted by atomic mass is 10.2. The van der Waals surface area contributed by atoms with Crippen LogP contribution in [0.2, 0.25) is 0 Å². The molecule has 18 heavy (non-hydrogen) atoms. The number of benzene rings is 1. The van der Waals surface area contributed by atoms with Crippen molar-refractivity contribution in [1.29, 1.82) is 0 Å². The Morgan fingerprint density at radius 1 is 1.28 bits per heavy atom. The summed E-state index contributed by atoms with van der Waals surface area (Å²) in [7, 11) is 0. The van der Waals surface area contributed by atoms with Gasteiger partial charge in [0.15, 0.2) is 0 Å². The van der Waals surface area contributed by atoms with Gasteiger partial charge in [-0.05, 0) is 25.1 Å². The fourth-order valence-corrected chi connectivity index (χ4v) is 1.44. The van der Waals surface area contributed by atoms with Crippen LogP contribution in [0.4, 0.5) is 0 Å². The van der Waals surface area contributed by atoms with Gasteiger partial charge in [0.05, 0.1) is 5.56 Å². The molecule has 0 amide bonds. The third-order valence-electron chi connectivity index (χ3n) is 2.29. The summed E-state index contributed by atoms with van der Waals surface area (Å²) in [6, 6.07) is 7.46. The van der Waals surface area contributed by atoms with Gasteiger partial charge in [-0.25, -0.2) is 9.59 Å². The third kappa shape index (κ3) is 2.40. The highest BCUT2D eigenvalue weighted by atomic mass is 16.5. The number of rotatable bonds is 3. The van der Waals surface area contributed by atoms with Crippen molar-refractivity contribution in [1.82, 2.24) is 0 Å². The number of para-hydroxylation sites is 1. The average Bonchev–Trinajstić information content (AvgIpc) is 2.76. The lowest BCUT2D eigenvalue weighted by Gasteiger charge is -2.05. The van der Waals surface area contributed by atoms with Crippen LogP contribution < -0.4 is 4.74 Å². The van der Waals surface area contributed by atoms with E-state index in [0.717, 1.165) is 0 Å². The maximum atomic E-state index is 11.7. The Morgan fingerprint density at radius 2 is 2.00 bits per heavy atom. The smallest absolute Gasteiger partial charge is 0.346 e. The van der Waals surface area contributed by atoms with Crippen molar-refractivity contribution in [2.24, 2.45) is 0 Å². The van der Waals surface area contributed by atoms with Gasteiger partial charge in [-0.2, -0.15) is 0 Å². The summed E-state index contributed by atoms with van der Waals surface area (Å²) in [6.07, 6.45) is 1.26. The Labute approximate surface area is 103 Å². The van der Waals surface area contributed by atoms with Crippen LogP contribution in [0.1, 0.15) is 26.5 Å². The van der Waals surface area contributed by atoms with E-state index in [2.05, 4.69) is 0 Å². The Hall–Kier alpha value is -2.56. The van der Waals surface area contributed by atoms with Crippen LogP contribution in [-0.4, -0.2) is 17.0 Å². The zero-order valence-electron chi connectivity index (χ0n) is 9.54. The molecule has 0 fully saturated rings. The fraction of sp³-hybridized carbons (Fsp3) is 0.0769. The van der Waals surface area contributed by atoms with Gasteiger partial charge in [0, 0.05) is 0 Å². The van der Waals surface area contributed by atoms with Crippen molar-refractivity contribution in [2.45, 2.75) is 6.92 Å². The molecule has 1 aromatic carbocycles. The standard InChI is InChI=1S/C13H10O5/c1-8-6-9(7-17-8)13(16)18-11-5-3-2-4-10(11)12(14)15/h2-7H,1H3,(H,14,15). The summed E-state index contributed by atoms with van der Waals surface area (Å²) in [5.41, 5.74) is 0.179. The molecule has 2 aromatic rings. The number of carbonyl (C=O) groups excluding carboxylic acids is 1. The molecule has 0 unspecified atom stereocenters. The summed E-state index contributed by atoms with van der Waals surface area (Å²) in [5.74, 6) is -1.22. The minimum absolute atomic E-state index is 0.00820. The van der Waals surface area contributed by atoms with Gasteiger partial charge in [-0.1, -0.05) is 12.1 Å². The highest BCUT2D eigenvalue weighted by Crippen LogP contribution is 2.19. The predicted molar refractivity (Wildman–Crippen MR) is 61.8 cm³/mol. The molecule has 0 spiro atoms. The van der Waals surface area contributed by atoms with E-state index in [0.29, 0.717) is 5.76 Å². The predicted octanol–water partition coefficient (Wildman–Crippen LogP) is 2.51. The van der Waals surface area contributed by atoms with Crippen molar-refractivity contribution in [2.75, 3.05) is 0 Å². The first-order valence-electron chi connectivity index (χ1n) is 5.17. The van der Waals surface area contributed by atoms with Crippen LogP contribution in [0.15, 0.2) is 41.0 Å². The van der Waals surface area contributed by atoms with Gasteiger partial charge >= 0.3 is 11.9 Å². The van der Waals surface area contributed by atoms with Gasteiger partial charge in [0.2, 0.25) is 0 Å². The highest BCUT2D eigenvalue weighted by molar-refractivity contribution is 5.95. The van der Waals surface area contributed by atoms with Crippen molar-refractivity contribution < 1.29 is 23.8 Å². The molecule has 0 aliphatic carbocycles. The molecule has 0 aliphatic rings. The van der Waals surface area contributed by atoms with Crippen LogP contribution in [0.3, 0.4) is 0 Å². The molecule has 5 nitrogen and oxygen atoms in total. The number of aromatic carboxylic acids is 1. The summed E-state index contributed by atoms with van der Waals surface area (Å²) in [5, 5.41) is 8.94. The molecule has 0 bridgehead atoms. The number of hydrogen-bond donors (Lipinski definition) is 1. The van der Waals surface area contributed by atoms with Crippen LogP contribution in [0.25, 0.3) is 0 Å². The first kappa shape index (κ1) is 11.9. The Bertz CT molecular complexity index is 597. The molecule has 1 heterocycles. The molecule has 1 N–H and O–H groups in total. The van der Waals surface area contributed by atoms with E-state index in [1.54, 1.807) is 19.1 Å². The zero-order chi connectivity index (χ0) is 13.1. The number of aryl methyl sites for hydroxylation is 1. The lowest BCUT2D eigenvalue weighted by molar-refractivity contribution is 0.0681. The summed E-state index contributed by atoms with van der Waals surface area (Å²) >= 11 is 0. The summed E-state index contributed by atoms with van der Waals surface area (Å²) in [6.45, 7) is 1.70. The van der Waals surface area contributed by atoms with Gasteiger partial charge in [0.25, 0.3) is 0 Å². The van der Waals surface area contributed by atoms with E-state index in [1.165, 1.54) is 24.5 Å². The van der Waals surface area contributed by atoms with Crippen molar-refractivity contribution in [3.05, 3.63) is 53.5 Å². The Balaban J connectivity index is 2.24. The van der Waals surface area contributed by atoms with Gasteiger partial charge < -0.3 is 14.3 Å². The zero-order valence-corrected chi connectivity index (χ0v) is 9.54. The summed E-state index contributed by atoms with van der Waals surface area (Å²) < 4.78 is 10.0. The first-order chi connectivity index (χ1) is 8.58. The van der Waals surface area contributed by atoms with Crippen LogP contribution in [0, 0.1) is 6.92 Å². The number of carboxylic acid groups (broad SMARTS) is 1. The van der Waals surface area contributed by atoms with Crippen molar-refractivity contribution in [3.8, 4) is 5.75 Å².